The van der Waals surface area contributed by atoms with Crippen LogP contribution in [0.3, 0.4) is 0 Å². The molecule has 6 atom stereocenters. The Morgan fingerprint density at radius 3 is 1.55 bits per heavy atom. The highest BCUT2D eigenvalue weighted by molar-refractivity contribution is 5.94. The van der Waals surface area contributed by atoms with Gasteiger partial charge in [-0.25, -0.2) is 4.79 Å². The summed E-state index contributed by atoms with van der Waals surface area (Å²) in [5.74, 6) is -3.56. The number of amides is 3. The maximum Gasteiger partial charge on any atom is 0.328 e. The number of aliphatic carboxylic acids is 1. The SMILES string of the molecule is CC(C)CC(N)C(=O)NC(C(=O)NC(CC(C)C)C(=O)NC(C(=O)O)C(C)O)C(C)O. The number of aliphatic hydroxyl groups excluding tert-OH is 2. The second-order valence-corrected chi connectivity index (χ2v) is 8.72. The summed E-state index contributed by atoms with van der Waals surface area (Å²) in [6, 6.07) is -4.93. The number of carbonyl (C=O) groups is 4. The van der Waals surface area contributed by atoms with Crippen molar-refractivity contribution in [3.05, 3.63) is 0 Å². The molecule has 31 heavy (non-hydrogen) atoms. The Kier molecular flexibility index (Phi) is 12.3. The van der Waals surface area contributed by atoms with Gasteiger partial charge < -0.3 is 37.0 Å². The quantitative estimate of drug-likeness (QED) is 0.182. The zero-order valence-corrected chi connectivity index (χ0v) is 19.1. The summed E-state index contributed by atoms with van der Waals surface area (Å²) in [4.78, 5) is 48.9. The van der Waals surface area contributed by atoms with Crippen molar-refractivity contribution in [2.45, 2.75) is 90.8 Å². The third kappa shape index (κ3) is 10.6. The average Bonchev–Trinajstić information content (AvgIpc) is 2.60. The summed E-state index contributed by atoms with van der Waals surface area (Å²) in [5.41, 5.74) is 5.82. The predicted octanol–water partition coefficient (Wildman–Crippen LogP) is -1.29. The van der Waals surface area contributed by atoms with Gasteiger partial charge in [-0.2, -0.15) is 0 Å². The van der Waals surface area contributed by atoms with E-state index in [9.17, 15) is 29.4 Å². The fraction of sp³-hybridized carbons (Fsp3) is 0.800. The topological polar surface area (TPSA) is 191 Å². The van der Waals surface area contributed by atoms with Crippen LogP contribution < -0.4 is 21.7 Å². The van der Waals surface area contributed by atoms with Crippen molar-refractivity contribution in [2.75, 3.05) is 0 Å². The van der Waals surface area contributed by atoms with E-state index in [-0.39, 0.29) is 18.3 Å². The van der Waals surface area contributed by atoms with Gasteiger partial charge in [-0.15, -0.1) is 0 Å². The smallest absolute Gasteiger partial charge is 0.328 e. The molecule has 0 rings (SSSR count). The molecular weight excluding hydrogens is 408 g/mol. The molecule has 0 aliphatic rings. The van der Waals surface area contributed by atoms with Crippen molar-refractivity contribution in [3.63, 3.8) is 0 Å². The van der Waals surface area contributed by atoms with E-state index in [0.29, 0.717) is 6.42 Å². The van der Waals surface area contributed by atoms with Crippen molar-refractivity contribution < 1.29 is 34.5 Å². The minimum atomic E-state index is -1.56. The summed E-state index contributed by atoms with van der Waals surface area (Å²) < 4.78 is 0. The van der Waals surface area contributed by atoms with Crippen LogP contribution in [0.1, 0.15) is 54.4 Å². The molecular formula is C20H38N4O7. The number of hydrogen-bond donors (Lipinski definition) is 7. The van der Waals surface area contributed by atoms with Gasteiger partial charge in [-0.1, -0.05) is 27.7 Å². The minimum Gasteiger partial charge on any atom is -0.480 e. The summed E-state index contributed by atoms with van der Waals surface area (Å²) in [6.45, 7) is 9.90. The zero-order chi connectivity index (χ0) is 24.5. The molecule has 0 aliphatic heterocycles. The van der Waals surface area contributed by atoms with Crippen molar-refractivity contribution in [1.29, 1.82) is 0 Å². The second-order valence-electron chi connectivity index (χ2n) is 8.72. The largest absolute Gasteiger partial charge is 0.480 e. The van der Waals surface area contributed by atoms with Crippen LogP contribution in [0.5, 0.6) is 0 Å². The number of carboxylic acid groups (broad SMARTS) is 1. The summed E-state index contributed by atoms with van der Waals surface area (Å²) in [5, 5.41) is 35.8. The van der Waals surface area contributed by atoms with Gasteiger partial charge in [0.25, 0.3) is 0 Å². The van der Waals surface area contributed by atoms with Crippen LogP contribution in [-0.4, -0.2) is 75.4 Å². The fourth-order valence-electron chi connectivity index (χ4n) is 2.89. The Balaban J connectivity index is 5.42. The van der Waals surface area contributed by atoms with E-state index in [1.54, 1.807) is 13.8 Å². The van der Waals surface area contributed by atoms with Crippen LogP contribution in [-0.2, 0) is 19.2 Å². The molecule has 0 saturated carbocycles. The number of carbonyl (C=O) groups excluding carboxylic acids is 3. The standard InChI is InChI=1S/C20H38N4O7/c1-9(2)7-13(21)17(27)23-15(11(5)25)19(29)22-14(8-10(3)4)18(28)24-16(12(6)26)20(30)31/h9-16,25-26H,7-8,21H2,1-6H3,(H,22,29)(H,23,27)(H,24,28)(H,30,31). The van der Waals surface area contributed by atoms with Crippen LogP contribution in [0.4, 0.5) is 0 Å². The summed E-state index contributed by atoms with van der Waals surface area (Å²) >= 11 is 0. The van der Waals surface area contributed by atoms with Gasteiger partial charge in [0.1, 0.15) is 12.1 Å². The molecule has 0 bridgehead atoms. The Morgan fingerprint density at radius 1 is 0.710 bits per heavy atom. The van der Waals surface area contributed by atoms with Crippen LogP contribution in [0.15, 0.2) is 0 Å². The Bertz CT molecular complexity index is 623. The van der Waals surface area contributed by atoms with Crippen molar-refractivity contribution in [3.8, 4) is 0 Å². The monoisotopic (exact) mass is 446 g/mol. The van der Waals surface area contributed by atoms with Crippen molar-refractivity contribution in [1.82, 2.24) is 16.0 Å². The number of rotatable bonds is 13. The molecule has 0 heterocycles. The lowest BCUT2D eigenvalue weighted by Crippen LogP contribution is -2.60. The van der Waals surface area contributed by atoms with Crippen LogP contribution in [0.25, 0.3) is 0 Å². The molecule has 0 spiro atoms. The third-order valence-corrected chi connectivity index (χ3v) is 4.51. The van der Waals surface area contributed by atoms with E-state index in [2.05, 4.69) is 16.0 Å². The Labute approximate surface area is 183 Å². The summed E-state index contributed by atoms with van der Waals surface area (Å²) in [7, 11) is 0. The number of carboxylic acids is 1. The average molecular weight is 447 g/mol. The molecule has 0 saturated heterocycles. The molecule has 0 aromatic rings. The highest BCUT2D eigenvalue weighted by atomic mass is 16.4. The zero-order valence-electron chi connectivity index (χ0n) is 19.1. The van der Waals surface area contributed by atoms with E-state index < -0.39 is 60.1 Å². The van der Waals surface area contributed by atoms with Gasteiger partial charge >= 0.3 is 5.97 Å². The molecule has 11 heteroatoms. The first-order valence-electron chi connectivity index (χ1n) is 10.4. The lowest BCUT2D eigenvalue weighted by atomic mass is 10.0. The molecule has 0 aromatic carbocycles. The van der Waals surface area contributed by atoms with E-state index in [0.717, 1.165) is 0 Å². The lowest BCUT2D eigenvalue weighted by Gasteiger charge is -2.27. The lowest BCUT2D eigenvalue weighted by molar-refractivity contribution is -0.145. The maximum absolute atomic E-state index is 12.7. The molecule has 8 N–H and O–H groups in total. The Morgan fingerprint density at radius 2 is 1.16 bits per heavy atom. The van der Waals surface area contributed by atoms with Crippen LogP contribution >= 0.6 is 0 Å². The molecule has 6 unspecified atom stereocenters. The normalized spacial score (nSPS) is 17.3. The van der Waals surface area contributed by atoms with Crippen molar-refractivity contribution in [2.24, 2.45) is 17.6 Å². The molecule has 0 fully saturated rings. The molecule has 0 radical (unpaired) electrons. The van der Waals surface area contributed by atoms with Gasteiger partial charge in [0.2, 0.25) is 17.7 Å². The van der Waals surface area contributed by atoms with Gasteiger partial charge in [0.15, 0.2) is 6.04 Å². The number of hydrogen-bond acceptors (Lipinski definition) is 7. The number of aliphatic hydroxyl groups is 2. The predicted molar refractivity (Wildman–Crippen MR) is 114 cm³/mol. The number of nitrogens with one attached hydrogen (secondary N) is 3. The molecule has 11 nitrogen and oxygen atoms in total. The highest BCUT2D eigenvalue weighted by Gasteiger charge is 2.33. The highest BCUT2D eigenvalue weighted by Crippen LogP contribution is 2.08. The van der Waals surface area contributed by atoms with Gasteiger partial charge in [-0.05, 0) is 38.5 Å². The maximum atomic E-state index is 12.7. The van der Waals surface area contributed by atoms with E-state index in [1.807, 2.05) is 13.8 Å². The molecule has 0 aromatic heterocycles. The first kappa shape index (κ1) is 28.8. The molecule has 180 valence electrons. The van der Waals surface area contributed by atoms with E-state index >= 15 is 0 Å². The van der Waals surface area contributed by atoms with E-state index in [4.69, 9.17) is 10.8 Å². The third-order valence-electron chi connectivity index (χ3n) is 4.51. The van der Waals surface area contributed by atoms with Crippen LogP contribution in [0.2, 0.25) is 0 Å². The number of nitrogens with two attached hydrogens (primary N) is 1. The first-order valence-corrected chi connectivity index (χ1v) is 10.4. The second kappa shape index (κ2) is 13.2. The van der Waals surface area contributed by atoms with Crippen LogP contribution in [0, 0.1) is 11.8 Å². The van der Waals surface area contributed by atoms with E-state index in [1.165, 1.54) is 13.8 Å². The minimum absolute atomic E-state index is 0.0510. The van der Waals surface area contributed by atoms with Gasteiger partial charge in [0.05, 0.1) is 18.2 Å². The molecule has 3 amide bonds. The first-order chi connectivity index (χ1) is 14.2. The Hall–Kier alpha value is -2.24. The molecule has 0 aliphatic carbocycles. The van der Waals surface area contributed by atoms with Crippen molar-refractivity contribution >= 4 is 23.7 Å². The van der Waals surface area contributed by atoms with Gasteiger partial charge in [-0.3, -0.25) is 14.4 Å². The van der Waals surface area contributed by atoms with Gasteiger partial charge in [0, 0.05) is 0 Å². The fourth-order valence-corrected chi connectivity index (χ4v) is 2.89. The summed E-state index contributed by atoms with van der Waals surface area (Å²) in [6.07, 6.45) is -2.09.